The van der Waals surface area contributed by atoms with E-state index in [1.54, 1.807) is 18.2 Å². The third kappa shape index (κ3) is 10.3. The van der Waals surface area contributed by atoms with Gasteiger partial charge in [0.05, 0.1) is 7.11 Å². The summed E-state index contributed by atoms with van der Waals surface area (Å²) >= 11 is 0. The number of rotatable bonds is 15. The molecule has 1 atom stereocenters. The fourth-order valence-corrected chi connectivity index (χ4v) is 3.28. The van der Waals surface area contributed by atoms with E-state index in [1.807, 2.05) is 0 Å². The van der Waals surface area contributed by atoms with Crippen LogP contribution in [0, 0.1) is 0 Å². The average molecular weight is 393 g/mol. The normalized spacial score (nSPS) is 11.8. The van der Waals surface area contributed by atoms with Crippen molar-refractivity contribution < 1.29 is 24.2 Å². The van der Waals surface area contributed by atoms with Crippen LogP contribution in [0.25, 0.3) is 0 Å². The van der Waals surface area contributed by atoms with E-state index in [-0.39, 0.29) is 30.0 Å². The van der Waals surface area contributed by atoms with Crippen LogP contribution in [-0.2, 0) is 20.7 Å². The van der Waals surface area contributed by atoms with Crippen LogP contribution in [-0.4, -0.2) is 30.1 Å². The van der Waals surface area contributed by atoms with Crippen molar-refractivity contribution in [2.24, 2.45) is 0 Å². The molecule has 0 aliphatic rings. The second-order valence-corrected chi connectivity index (χ2v) is 7.39. The highest BCUT2D eigenvalue weighted by molar-refractivity contribution is 5.79. The van der Waals surface area contributed by atoms with Gasteiger partial charge in [-0.15, -0.1) is 0 Å². The SMILES string of the molecule is CCCCCCCCC[C@H](CC(=O)CCc1ccc(O)c(OC)c1)OC(C)=O. The Bertz CT molecular complexity index is 597. The summed E-state index contributed by atoms with van der Waals surface area (Å²) < 4.78 is 10.5. The zero-order valence-corrected chi connectivity index (χ0v) is 17.7. The van der Waals surface area contributed by atoms with Crippen LogP contribution in [0.2, 0.25) is 0 Å². The molecule has 1 aromatic rings. The molecule has 1 aromatic carbocycles. The number of aryl methyl sites for hydroxylation is 1. The van der Waals surface area contributed by atoms with E-state index >= 15 is 0 Å². The molecule has 0 spiro atoms. The van der Waals surface area contributed by atoms with Gasteiger partial charge in [-0.1, -0.05) is 51.5 Å². The van der Waals surface area contributed by atoms with E-state index in [9.17, 15) is 14.7 Å². The number of methoxy groups -OCH3 is 1. The lowest BCUT2D eigenvalue weighted by Crippen LogP contribution is -2.20. The van der Waals surface area contributed by atoms with E-state index < -0.39 is 0 Å². The lowest BCUT2D eigenvalue weighted by Gasteiger charge is -2.16. The van der Waals surface area contributed by atoms with Crippen molar-refractivity contribution in [2.75, 3.05) is 7.11 Å². The lowest BCUT2D eigenvalue weighted by atomic mass is 10.00. The Morgan fingerprint density at radius 2 is 1.75 bits per heavy atom. The molecule has 1 rings (SSSR count). The van der Waals surface area contributed by atoms with Gasteiger partial charge in [0.15, 0.2) is 11.5 Å². The van der Waals surface area contributed by atoms with Gasteiger partial charge in [-0.05, 0) is 37.0 Å². The molecule has 0 aliphatic heterocycles. The zero-order valence-electron chi connectivity index (χ0n) is 17.7. The summed E-state index contributed by atoms with van der Waals surface area (Å²) in [6.45, 7) is 3.60. The maximum Gasteiger partial charge on any atom is 0.302 e. The minimum Gasteiger partial charge on any atom is -0.504 e. The number of ketones is 1. The van der Waals surface area contributed by atoms with Gasteiger partial charge in [-0.3, -0.25) is 9.59 Å². The van der Waals surface area contributed by atoms with Gasteiger partial charge in [0.1, 0.15) is 11.9 Å². The van der Waals surface area contributed by atoms with Gasteiger partial charge in [-0.25, -0.2) is 0 Å². The van der Waals surface area contributed by atoms with Gasteiger partial charge in [0.25, 0.3) is 0 Å². The fourth-order valence-electron chi connectivity index (χ4n) is 3.28. The Morgan fingerprint density at radius 1 is 1.07 bits per heavy atom. The molecule has 0 saturated heterocycles. The van der Waals surface area contributed by atoms with Crippen molar-refractivity contribution >= 4 is 11.8 Å². The smallest absolute Gasteiger partial charge is 0.302 e. The molecule has 0 bridgehead atoms. The number of ether oxygens (including phenoxy) is 2. The summed E-state index contributed by atoms with van der Waals surface area (Å²) in [4.78, 5) is 23.7. The molecule has 0 fully saturated rings. The number of esters is 1. The van der Waals surface area contributed by atoms with E-state index in [0.717, 1.165) is 24.8 Å². The molecule has 0 aromatic heterocycles. The van der Waals surface area contributed by atoms with Gasteiger partial charge in [0, 0.05) is 19.8 Å². The second-order valence-electron chi connectivity index (χ2n) is 7.39. The van der Waals surface area contributed by atoms with Crippen molar-refractivity contribution in [3.8, 4) is 11.5 Å². The topological polar surface area (TPSA) is 72.8 Å². The number of phenolic OH excluding ortho intramolecular Hbond substituents is 1. The molecule has 0 unspecified atom stereocenters. The predicted molar refractivity (Wildman–Crippen MR) is 111 cm³/mol. The number of hydrogen-bond donors (Lipinski definition) is 1. The molecule has 28 heavy (non-hydrogen) atoms. The summed E-state index contributed by atoms with van der Waals surface area (Å²) in [6, 6.07) is 5.10. The molecule has 5 heteroatoms. The Hall–Kier alpha value is -2.04. The van der Waals surface area contributed by atoms with E-state index in [1.165, 1.54) is 46.1 Å². The molecule has 0 radical (unpaired) electrons. The van der Waals surface area contributed by atoms with Gasteiger partial charge < -0.3 is 14.6 Å². The van der Waals surface area contributed by atoms with Gasteiger partial charge in [0.2, 0.25) is 0 Å². The third-order valence-corrected chi connectivity index (χ3v) is 4.85. The fraction of sp³-hybridized carbons (Fsp3) is 0.652. The molecule has 0 heterocycles. The molecule has 0 saturated carbocycles. The average Bonchev–Trinajstić information content (AvgIpc) is 2.66. The van der Waals surface area contributed by atoms with Gasteiger partial charge in [-0.2, -0.15) is 0 Å². The first-order valence-electron chi connectivity index (χ1n) is 10.5. The first-order valence-corrected chi connectivity index (χ1v) is 10.5. The zero-order chi connectivity index (χ0) is 20.8. The molecule has 1 N–H and O–H groups in total. The van der Waals surface area contributed by atoms with Crippen LogP contribution in [0.5, 0.6) is 11.5 Å². The maximum absolute atomic E-state index is 12.4. The highest BCUT2D eigenvalue weighted by Gasteiger charge is 2.17. The van der Waals surface area contributed by atoms with Crippen LogP contribution >= 0.6 is 0 Å². The highest BCUT2D eigenvalue weighted by atomic mass is 16.5. The minimum absolute atomic E-state index is 0.0845. The third-order valence-electron chi connectivity index (χ3n) is 4.85. The molecule has 0 aliphatic carbocycles. The van der Waals surface area contributed by atoms with Crippen LogP contribution in [0.15, 0.2) is 18.2 Å². The number of benzene rings is 1. The van der Waals surface area contributed by atoms with Gasteiger partial charge >= 0.3 is 5.97 Å². The number of carbonyl (C=O) groups excluding carboxylic acids is 2. The van der Waals surface area contributed by atoms with Crippen molar-refractivity contribution in [3.63, 3.8) is 0 Å². The maximum atomic E-state index is 12.4. The summed E-state index contributed by atoms with van der Waals surface area (Å²) in [5.41, 5.74) is 0.930. The molecule has 0 amide bonds. The molecule has 5 nitrogen and oxygen atoms in total. The summed E-state index contributed by atoms with van der Waals surface area (Å²) in [7, 11) is 1.50. The van der Waals surface area contributed by atoms with Crippen LogP contribution in [0.4, 0.5) is 0 Å². The molecule has 158 valence electrons. The number of carbonyl (C=O) groups is 2. The molecular weight excluding hydrogens is 356 g/mol. The number of hydrogen-bond acceptors (Lipinski definition) is 5. The number of Topliss-reactive ketones (excluding diaryl/α,β-unsaturated/α-hetero) is 1. The monoisotopic (exact) mass is 392 g/mol. The first kappa shape index (κ1) is 24.0. The van der Waals surface area contributed by atoms with Crippen LogP contribution in [0.3, 0.4) is 0 Å². The number of aromatic hydroxyl groups is 1. The first-order chi connectivity index (χ1) is 13.5. The summed E-state index contributed by atoms with van der Waals surface area (Å²) in [5, 5.41) is 9.64. The van der Waals surface area contributed by atoms with E-state index in [0.29, 0.717) is 18.6 Å². The predicted octanol–water partition coefficient (Wildman–Crippen LogP) is 5.37. The Balaban J connectivity index is 2.39. The summed E-state index contributed by atoms with van der Waals surface area (Å²) in [6.07, 6.45) is 9.99. The highest BCUT2D eigenvalue weighted by Crippen LogP contribution is 2.27. The van der Waals surface area contributed by atoms with Crippen molar-refractivity contribution in [1.82, 2.24) is 0 Å². The Kier molecular flexibility index (Phi) is 12.0. The van der Waals surface area contributed by atoms with Crippen molar-refractivity contribution in [1.29, 1.82) is 0 Å². The van der Waals surface area contributed by atoms with Crippen molar-refractivity contribution in [3.05, 3.63) is 23.8 Å². The quantitative estimate of drug-likeness (QED) is 0.321. The van der Waals surface area contributed by atoms with E-state index in [4.69, 9.17) is 9.47 Å². The van der Waals surface area contributed by atoms with E-state index in [2.05, 4.69) is 6.92 Å². The van der Waals surface area contributed by atoms with Crippen LogP contribution in [0.1, 0.15) is 83.6 Å². The standard InChI is InChI=1S/C23H36O5/c1-4-5-6-7-8-9-10-11-21(28-18(2)24)17-20(25)14-12-19-13-15-22(26)23(16-19)27-3/h13,15-16,21,26H,4-12,14,17H2,1-3H3/t21-/m1/s1. The minimum atomic E-state index is -0.330. The Morgan fingerprint density at radius 3 is 2.39 bits per heavy atom. The van der Waals surface area contributed by atoms with Crippen molar-refractivity contribution in [2.45, 2.75) is 90.6 Å². The number of unbranched alkanes of at least 4 members (excludes halogenated alkanes) is 6. The van der Waals surface area contributed by atoms with Crippen LogP contribution < -0.4 is 4.74 Å². The largest absolute Gasteiger partial charge is 0.504 e. The number of phenols is 1. The second kappa shape index (κ2) is 14.0. The summed E-state index contributed by atoms with van der Waals surface area (Å²) in [5.74, 6) is 0.245. The lowest BCUT2D eigenvalue weighted by molar-refractivity contribution is -0.148. The molecular formula is C23H36O5. The Labute approximate surface area is 169 Å².